The molecule has 1 rings (SSSR count). The molecule has 0 fully saturated rings. The molecule has 58 valence electrons. The maximum absolute atomic E-state index is 2.14. The van der Waals surface area contributed by atoms with Crippen molar-refractivity contribution in [1.29, 1.82) is 0 Å². The van der Waals surface area contributed by atoms with Crippen molar-refractivity contribution in [1.82, 2.24) is 0 Å². The zero-order valence-electron chi connectivity index (χ0n) is 6.87. The van der Waals surface area contributed by atoms with Gasteiger partial charge in [-0.1, -0.05) is 36.0 Å². The van der Waals surface area contributed by atoms with Crippen molar-refractivity contribution in [3.63, 3.8) is 0 Å². The van der Waals surface area contributed by atoms with Crippen molar-refractivity contribution in [3.8, 4) is 0 Å². The minimum Gasteiger partial charge on any atom is -0.0981 e. The van der Waals surface area contributed by atoms with E-state index in [0.717, 1.165) is 0 Å². The lowest BCUT2D eigenvalue weighted by Gasteiger charge is -1.99. The summed E-state index contributed by atoms with van der Waals surface area (Å²) in [4.78, 5) is 1.34. The molecule has 11 heavy (non-hydrogen) atoms. The Morgan fingerprint density at radius 3 is 2.64 bits per heavy atom. The van der Waals surface area contributed by atoms with E-state index < -0.39 is 0 Å². The Balaban J connectivity index is 2.77. The Morgan fingerprint density at radius 2 is 2.00 bits per heavy atom. The summed E-state index contributed by atoms with van der Waals surface area (Å²) in [5.74, 6) is 0. The highest BCUT2D eigenvalue weighted by molar-refractivity contribution is 8.02. The minimum absolute atomic E-state index is 1.34. The van der Waals surface area contributed by atoms with E-state index in [2.05, 4.69) is 42.7 Å². The van der Waals surface area contributed by atoms with Gasteiger partial charge < -0.3 is 0 Å². The Morgan fingerprint density at radius 1 is 1.27 bits per heavy atom. The molecule has 0 saturated heterocycles. The van der Waals surface area contributed by atoms with Gasteiger partial charge in [-0.05, 0) is 30.9 Å². The van der Waals surface area contributed by atoms with Crippen LogP contribution < -0.4 is 0 Å². The number of aryl methyl sites for hydroxylation is 1. The van der Waals surface area contributed by atoms with Crippen LogP contribution in [0.2, 0.25) is 0 Å². The Labute approximate surface area is 72.3 Å². The van der Waals surface area contributed by atoms with E-state index in [4.69, 9.17) is 0 Å². The highest BCUT2D eigenvalue weighted by Crippen LogP contribution is 2.22. The summed E-state index contributed by atoms with van der Waals surface area (Å²) in [6.45, 7) is 4.16. The first-order valence-electron chi connectivity index (χ1n) is 3.68. The maximum atomic E-state index is 2.14. The third-order valence-electron chi connectivity index (χ3n) is 1.42. The van der Waals surface area contributed by atoms with Crippen molar-refractivity contribution in [2.75, 3.05) is 0 Å². The molecule has 0 spiro atoms. The summed E-state index contributed by atoms with van der Waals surface area (Å²) >= 11 is 1.77. The first kappa shape index (κ1) is 8.41. The number of rotatable bonds is 2. The summed E-state index contributed by atoms with van der Waals surface area (Å²) in [6, 6.07) is 8.40. The molecule has 0 aliphatic rings. The standard InChI is InChI=1S/C10H12S/c1-3-8-11-10-7-5-4-6-9(10)2/h3-8H,1-2H3/b8-3-. The molecule has 0 N–H and O–H groups in total. The smallest absolute Gasteiger partial charge is 0.0145 e. The van der Waals surface area contributed by atoms with Crippen molar-refractivity contribution in [2.24, 2.45) is 0 Å². The quantitative estimate of drug-likeness (QED) is 0.601. The Bertz CT molecular complexity index is 251. The van der Waals surface area contributed by atoms with E-state index in [1.807, 2.05) is 6.92 Å². The molecule has 0 heterocycles. The largest absolute Gasteiger partial charge is 0.0981 e. The molecular formula is C10H12S. The molecule has 0 bridgehead atoms. The topological polar surface area (TPSA) is 0 Å². The van der Waals surface area contributed by atoms with Gasteiger partial charge in [0.15, 0.2) is 0 Å². The molecule has 0 radical (unpaired) electrons. The van der Waals surface area contributed by atoms with Crippen molar-refractivity contribution in [3.05, 3.63) is 41.3 Å². The number of hydrogen-bond donors (Lipinski definition) is 0. The minimum atomic E-state index is 1.34. The van der Waals surface area contributed by atoms with Crippen LogP contribution in [0, 0.1) is 6.92 Å². The average molecular weight is 164 g/mol. The van der Waals surface area contributed by atoms with E-state index in [0.29, 0.717) is 0 Å². The molecule has 0 aliphatic heterocycles. The van der Waals surface area contributed by atoms with Gasteiger partial charge in [0, 0.05) is 4.90 Å². The van der Waals surface area contributed by atoms with Crippen molar-refractivity contribution < 1.29 is 0 Å². The van der Waals surface area contributed by atoms with Gasteiger partial charge in [-0.25, -0.2) is 0 Å². The Kier molecular flexibility index (Phi) is 3.24. The Hall–Kier alpha value is -0.690. The van der Waals surface area contributed by atoms with E-state index >= 15 is 0 Å². The van der Waals surface area contributed by atoms with Crippen LogP contribution in [0.5, 0.6) is 0 Å². The molecule has 1 aromatic carbocycles. The summed E-state index contributed by atoms with van der Waals surface area (Å²) < 4.78 is 0. The van der Waals surface area contributed by atoms with Crippen LogP contribution in [0.3, 0.4) is 0 Å². The predicted molar refractivity (Wildman–Crippen MR) is 51.9 cm³/mol. The maximum Gasteiger partial charge on any atom is 0.0145 e. The van der Waals surface area contributed by atoms with Crippen LogP contribution in [0.4, 0.5) is 0 Å². The molecule has 1 heteroatoms. The van der Waals surface area contributed by atoms with E-state index in [-0.39, 0.29) is 0 Å². The second-order valence-corrected chi connectivity index (χ2v) is 3.30. The SMILES string of the molecule is C/C=C\Sc1ccccc1C. The highest BCUT2D eigenvalue weighted by atomic mass is 32.2. The van der Waals surface area contributed by atoms with Crippen LogP contribution in [0.1, 0.15) is 12.5 Å². The second kappa shape index (κ2) is 4.24. The number of allylic oxidation sites excluding steroid dienone is 1. The molecule has 0 aliphatic carbocycles. The summed E-state index contributed by atoms with van der Waals surface area (Å²) in [5, 5.41) is 2.10. The number of thioether (sulfide) groups is 1. The predicted octanol–water partition coefficient (Wildman–Crippen LogP) is 3.62. The van der Waals surface area contributed by atoms with Crippen molar-refractivity contribution in [2.45, 2.75) is 18.7 Å². The zero-order valence-corrected chi connectivity index (χ0v) is 7.69. The van der Waals surface area contributed by atoms with E-state index in [1.54, 1.807) is 11.8 Å². The van der Waals surface area contributed by atoms with Crippen molar-refractivity contribution >= 4 is 11.8 Å². The highest BCUT2D eigenvalue weighted by Gasteiger charge is 1.92. The third-order valence-corrected chi connectivity index (χ3v) is 2.54. The van der Waals surface area contributed by atoms with E-state index in [9.17, 15) is 0 Å². The summed E-state index contributed by atoms with van der Waals surface area (Å²) in [6.07, 6.45) is 2.05. The van der Waals surface area contributed by atoms with E-state index in [1.165, 1.54) is 10.5 Å². The van der Waals surface area contributed by atoms with Gasteiger partial charge >= 0.3 is 0 Å². The van der Waals surface area contributed by atoms with Gasteiger partial charge in [0.25, 0.3) is 0 Å². The molecule has 0 aromatic heterocycles. The second-order valence-electron chi connectivity index (χ2n) is 2.35. The molecule has 0 unspecified atom stereocenters. The molecule has 0 amide bonds. The molecular weight excluding hydrogens is 152 g/mol. The summed E-state index contributed by atoms with van der Waals surface area (Å²) in [5.41, 5.74) is 1.34. The molecule has 0 saturated carbocycles. The van der Waals surface area contributed by atoms with Crippen LogP contribution >= 0.6 is 11.8 Å². The zero-order chi connectivity index (χ0) is 8.10. The lowest BCUT2D eigenvalue weighted by molar-refractivity contribution is 1.31. The number of hydrogen-bond acceptors (Lipinski definition) is 1. The molecule has 0 atom stereocenters. The molecule has 0 nitrogen and oxygen atoms in total. The van der Waals surface area contributed by atoms with Gasteiger partial charge in [-0.15, -0.1) is 0 Å². The lowest BCUT2D eigenvalue weighted by Crippen LogP contribution is -1.74. The van der Waals surface area contributed by atoms with Crippen LogP contribution in [0.15, 0.2) is 40.6 Å². The monoisotopic (exact) mass is 164 g/mol. The number of benzene rings is 1. The fourth-order valence-corrected chi connectivity index (χ4v) is 1.52. The van der Waals surface area contributed by atoms with Gasteiger partial charge in [0.1, 0.15) is 0 Å². The fourth-order valence-electron chi connectivity index (χ4n) is 0.830. The van der Waals surface area contributed by atoms with Crippen LogP contribution in [-0.4, -0.2) is 0 Å². The van der Waals surface area contributed by atoms with Gasteiger partial charge in [0.2, 0.25) is 0 Å². The molecule has 1 aromatic rings. The average Bonchev–Trinajstić information content (AvgIpc) is 2.03. The van der Waals surface area contributed by atoms with Crippen LogP contribution in [-0.2, 0) is 0 Å². The van der Waals surface area contributed by atoms with Gasteiger partial charge in [-0.3, -0.25) is 0 Å². The lowest BCUT2D eigenvalue weighted by atomic mass is 10.2. The van der Waals surface area contributed by atoms with Crippen LogP contribution in [0.25, 0.3) is 0 Å². The normalized spacial score (nSPS) is 10.7. The third kappa shape index (κ3) is 2.43. The van der Waals surface area contributed by atoms with Gasteiger partial charge in [0.05, 0.1) is 0 Å². The first-order valence-corrected chi connectivity index (χ1v) is 4.56. The first-order chi connectivity index (χ1) is 5.34. The fraction of sp³-hybridized carbons (Fsp3) is 0.200. The summed E-state index contributed by atoms with van der Waals surface area (Å²) in [7, 11) is 0. The van der Waals surface area contributed by atoms with Gasteiger partial charge in [-0.2, -0.15) is 0 Å².